The van der Waals surface area contributed by atoms with Gasteiger partial charge in [-0.25, -0.2) is 13.2 Å². The van der Waals surface area contributed by atoms with Crippen molar-refractivity contribution in [3.05, 3.63) is 52.5 Å². The number of halogens is 2. The van der Waals surface area contributed by atoms with Crippen molar-refractivity contribution >= 4 is 50.4 Å². The van der Waals surface area contributed by atoms with Crippen LogP contribution in [-0.2, 0) is 24.2 Å². The molecule has 29 heavy (non-hydrogen) atoms. The lowest BCUT2D eigenvalue weighted by Gasteiger charge is -2.15. The first-order valence-electron chi connectivity index (χ1n) is 8.75. The smallest absolute Gasteiger partial charge is 0.356 e. The van der Waals surface area contributed by atoms with Crippen molar-refractivity contribution in [2.75, 3.05) is 18.5 Å². The number of esters is 1. The Kier molecular flexibility index (Phi) is 6.66. The summed E-state index contributed by atoms with van der Waals surface area (Å²) in [6, 6.07) is 10.4. The normalized spacial score (nSPS) is 16.1. The van der Waals surface area contributed by atoms with Crippen LogP contribution in [0.5, 0.6) is 0 Å². The second-order valence-electron chi connectivity index (χ2n) is 6.17. The third-order valence-corrected chi connectivity index (χ3v) is 6.42. The number of carbonyl (C=O) groups is 1. The Hall–Kier alpha value is -2.29. The SMILES string of the molecule is CCOC(=O)C1=NOC(CNc2ccc(Cl)cc2S(=O)(=O)c2ccc(Cl)cc2)C1. The summed E-state index contributed by atoms with van der Waals surface area (Å²) in [6.07, 6.45) is -0.172. The zero-order valence-corrected chi connectivity index (χ0v) is 17.7. The van der Waals surface area contributed by atoms with Gasteiger partial charge in [-0.15, -0.1) is 0 Å². The monoisotopic (exact) mass is 456 g/mol. The Balaban J connectivity index is 1.76. The van der Waals surface area contributed by atoms with Crippen LogP contribution in [0, 0.1) is 0 Å². The van der Waals surface area contributed by atoms with E-state index in [1.807, 2.05) is 0 Å². The highest BCUT2D eigenvalue weighted by atomic mass is 35.5. The first kappa shape index (κ1) is 21.4. The van der Waals surface area contributed by atoms with Crippen molar-refractivity contribution in [1.29, 1.82) is 0 Å². The Morgan fingerprint density at radius 2 is 1.90 bits per heavy atom. The van der Waals surface area contributed by atoms with Crippen LogP contribution >= 0.6 is 23.2 Å². The zero-order valence-electron chi connectivity index (χ0n) is 15.4. The summed E-state index contributed by atoms with van der Waals surface area (Å²) in [6.45, 7) is 2.19. The van der Waals surface area contributed by atoms with Gasteiger partial charge < -0.3 is 14.9 Å². The van der Waals surface area contributed by atoms with Crippen LogP contribution in [0.3, 0.4) is 0 Å². The molecule has 10 heteroatoms. The molecule has 1 unspecified atom stereocenters. The lowest BCUT2D eigenvalue weighted by molar-refractivity contribution is -0.135. The fourth-order valence-corrected chi connectivity index (χ4v) is 4.52. The molecule has 0 amide bonds. The number of nitrogens with zero attached hydrogens (tertiary/aromatic N) is 1. The predicted octanol–water partition coefficient (Wildman–Crippen LogP) is 3.95. The van der Waals surface area contributed by atoms with E-state index in [0.717, 1.165) is 0 Å². The van der Waals surface area contributed by atoms with E-state index in [1.165, 1.54) is 30.3 Å². The molecule has 154 valence electrons. The molecule has 2 aromatic rings. The number of rotatable bonds is 7. The summed E-state index contributed by atoms with van der Waals surface area (Å²) in [5.74, 6) is -0.521. The number of hydrogen-bond donors (Lipinski definition) is 1. The first-order chi connectivity index (χ1) is 13.8. The molecule has 0 saturated heterocycles. The number of ether oxygens (including phenoxy) is 1. The highest BCUT2D eigenvalue weighted by molar-refractivity contribution is 7.91. The molecule has 1 heterocycles. The molecule has 1 N–H and O–H groups in total. The highest BCUT2D eigenvalue weighted by Crippen LogP contribution is 2.31. The number of sulfone groups is 1. The van der Waals surface area contributed by atoms with Crippen molar-refractivity contribution in [2.45, 2.75) is 29.2 Å². The molecule has 3 rings (SSSR count). The molecular formula is C19H18Cl2N2O5S. The van der Waals surface area contributed by atoms with Gasteiger partial charge in [-0.1, -0.05) is 28.4 Å². The third-order valence-electron chi connectivity index (χ3n) is 4.12. The number of hydrogen-bond acceptors (Lipinski definition) is 7. The molecule has 7 nitrogen and oxygen atoms in total. The molecule has 0 fully saturated rings. The van der Waals surface area contributed by atoms with Gasteiger partial charge in [0, 0.05) is 16.5 Å². The molecule has 1 aliphatic rings. The fraction of sp³-hybridized carbons (Fsp3) is 0.263. The van der Waals surface area contributed by atoms with E-state index in [2.05, 4.69) is 10.5 Å². The second-order valence-corrected chi connectivity index (χ2v) is 8.96. The number of anilines is 1. The second kappa shape index (κ2) is 9.02. The summed E-state index contributed by atoms with van der Waals surface area (Å²) < 4.78 is 31.0. The van der Waals surface area contributed by atoms with Gasteiger partial charge in [0.25, 0.3) is 0 Å². The molecule has 0 bridgehead atoms. The van der Waals surface area contributed by atoms with Crippen LogP contribution in [0.2, 0.25) is 10.0 Å². The molecule has 1 aliphatic heterocycles. The van der Waals surface area contributed by atoms with Crippen LogP contribution in [-0.4, -0.2) is 39.4 Å². The maximum absolute atomic E-state index is 13.1. The Bertz CT molecular complexity index is 1040. The van der Waals surface area contributed by atoms with Crippen LogP contribution in [0.15, 0.2) is 57.4 Å². The molecule has 2 aromatic carbocycles. The van der Waals surface area contributed by atoms with Crippen LogP contribution in [0.1, 0.15) is 13.3 Å². The molecule has 0 radical (unpaired) electrons. The van der Waals surface area contributed by atoms with E-state index < -0.39 is 21.9 Å². The largest absolute Gasteiger partial charge is 0.461 e. The number of carbonyl (C=O) groups excluding carboxylic acids is 1. The van der Waals surface area contributed by atoms with E-state index in [4.69, 9.17) is 32.8 Å². The molecule has 0 saturated carbocycles. The molecule has 0 aliphatic carbocycles. The van der Waals surface area contributed by atoms with Gasteiger partial charge in [-0.05, 0) is 49.4 Å². The van der Waals surface area contributed by atoms with Crippen molar-refractivity contribution < 1.29 is 22.8 Å². The van der Waals surface area contributed by atoms with E-state index in [9.17, 15) is 13.2 Å². The maximum atomic E-state index is 13.1. The van der Waals surface area contributed by atoms with Gasteiger partial charge in [0.15, 0.2) is 11.8 Å². The average molecular weight is 457 g/mol. The molecular weight excluding hydrogens is 439 g/mol. The lowest BCUT2D eigenvalue weighted by atomic mass is 10.2. The topological polar surface area (TPSA) is 94.1 Å². The Labute approximate surface area is 178 Å². The van der Waals surface area contributed by atoms with Gasteiger partial charge in [0.1, 0.15) is 0 Å². The van der Waals surface area contributed by atoms with Crippen LogP contribution in [0.4, 0.5) is 5.69 Å². The predicted molar refractivity (Wildman–Crippen MR) is 110 cm³/mol. The first-order valence-corrected chi connectivity index (χ1v) is 11.0. The summed E-state index contributed by atoms with van der Waals surface area (Å²) >= 11 is 11.9. The standard InChI is InChI=1S/C19H18Cl2N2O5S/c1-2-27-19(24)17-10-14(28-23-17)11-22-16-8-5-13(21)9-18(16)29(25,26)15-6-3-12(20)4-7-15/h3-9,14,22H,2,10-11H2,1H3. The maximum Gasteiger partial charge on any atom is 0.356 e. The van der Waals surface area contributed by atoms with Gasteiger partial charge >= 0.3 is 5.97 Å². The minimum Gasteiger partial charge on any atom is -0.461 e. The van der Waals surface area contributed by atoms with E-state index in [-0.39, 0.29) is 40.1 Å². The zero-order chi connectivity index (χ0) is 21.0. The number of oxime groups is 1. The van der Waals surface area contributed by atoms with Crippen molar-refractivity contribution in [2.24, 2.45) is 5.16 Å². The summed E-state index contributed by atoms with van der Waals surface area (Å²) in [5, 5.41) is 7.51. The quantitative estimate of drug-likeness (QED) is 0.633. The van der Waals surface area contributed by atoms with Gasteiger partial charge in [-0.3, -0.25) is 0 Å². The highest BCUT2D eigenvalue weighted by Gasteiger charge is 2.28. The lowest BCUT2D eigenvalue weighted by Crippen LogP contribution is -2.23. The van der Waals surface area contributed by atoms with Gasteiger partial charge in [0.2, 0.25) is 9.84 Å². The molecule has 1 atom stereocenters. The Morgan fingerprint density at radius 3 is 2.59 bits per heavy atom. The fourth-order valence-electron chi connectivity index (χ4n) is 2.70. The van der Waals surface area contributed by atoms with E-state index in [1.54, 1.807) is 19.1 Å². The van der Waals surface area contributed by atoms with E-state index in [0.29, 0.717) is 10.7 Å². The minimum atomic E-state index is -3.84. The summed E-state index contributed by atoms with van der Waals surface area (Å²) in [4.78, 5) is 17.1. The van der Waals surface area contributed by atoms with Crippen LogP contribution in [0.25, 0.3) is 0 Å². The number of benzene rings is 2. The van der Waals surface area contributed by atoms with Crippen molar-refractivity contribution in [1.82, 2.24) is 0 Å². The van der Waals surface area contributed by atoms with Crippen LogP contribution < -0.4 is 5.32 Å². The van der Waals surface area contributed by atoms with Gasteiger partial charge in [0.05, 0.1) is 28.6 Å². The Morgan fingerprint density at radius 1 is 1.21 bits per heavy atom. The van der Waals surface area contributed by atoms with Crippen molar-refractivity contribution in [3.63, 3.8) is 0 Å². The average Bonchev–Trinajstić information content (AvgIpc) is 3.17. The summed E-state index contributed by atoms with van der Waals surface area (Å²) in [7, 11) is -3.84. The van der Waals surface area contributed by atoms with Crippen molar-refractivity contribution in [3.8, 4) is 0 Å². The number of nitrogens with one attached hydrogen (secondary N) is 1. The summed E-state index contributed by atoms with van der Waals surface area (Å²) in [5.41, 5.74) is 0.557. The van der Waals surface area contributed by atoms with Gasteiger partial charge in [-0.2, -0.15) is 0 Å². The molecule has 0 aromatic heterocycles. The molecule has 0 spiro atoms. The van der Waals surface area contributed by atoms with E-state index >= 15 is 0 Å². The minimum absolute atomic E-state index is 0.0249. The third kappa shape index (κ3) is 5.01.